The van der Waals surface area contributed by atoms with Crippen LogP contribution in [0, 0.1) is 0 Å². The fraction of sp³-hybridized carbons (Fsp3) is 0.393. The fourth-order valence-electron chi connectivity index (χ4n) is 4.18. The molecule has 0 spiro atoms. The van der Waals surface area contributed by atoms with Crippen molar-refractivity contribution < 1.29 is 23.7 Å². The molecular formula is C28H33NO6. The van der Waals surface area contributed by atoms with Crippen LogP contribution >= 0.6 is 0 Å². The Balaban J connectivity index is 1.79. The minimum absolute atomic E-state index is 0.215. The van der Waals surface area contributed by atoms with Gasteiger partial charge in [0.25, 0.3) is 0 Å². The maximum Gasteiger partial charge on any atom is 0.223 e. The molecule has 2 unspecified atom stereocenters. The molecule has 0 bridgehead atoms. The molecule has 2 aromatic carbocycles. The van der Waals surface area contributed by atoms with Gasteiger partial charge >= 0.3 is 0 Å². The van der Waals surface area contributed by atoms with Gasteiger partial charge in [-0.05, 0) is 30.4 Å². The van der Waals surface area contributed by atoms with Gasteiger partial charge in [0.1, 0.15) is 12.7 Å². The Morgan fingerprint density at radius 3 is 2.34 bits per heavy atom. The first-order valence-corrected chi connectivity index (χ1v) is 12.0. The second-order valence-corrected chi connectivity index (χ2v) is 8.44. The predicted molar refractivity (Wildman–Crippen MR) is 132 cm³/mol. The summed E-state index contributed by atoms with van der Waals surface area (Å²) in [5, 5.41) is 0. The van der Waals surface area contributed by atoms with E-state index in [1.54, 1.807) is 20.4 Å². The number of rotatable bonds is 11. The van der Waals surface area contributed by atoms with Gasteiger partial charge in [-0.15, -0.1) is 0 Å². The molecule has 1 aliphatic rings. The van der Waals surface area contributed by atoms with Gasteiger partial charge in [-0.25, -0.2) is 0 Å². The summed E-state index contributed by atoms with van der Waals surface area (Å²) in [4.78, 5) is 13.2. The number of nitrogens with zero attached hydrogens (tertiary/aromatic N) is 1. The summed E-state index contributed by atoms with van der Waals surface area (Å²) in [5.41, 5.74) is 2.25. The van der Waals surface area contributed by atoms with Crippen LogP contribution < -0.4 is 10.2 Å². The highest BCUT2D eigenvalue weighted by Crippen LogP contribution is 2.34. The van der Waals surface area contributed by atoms with E-state index in [-0.39, 0.29) is 24.1 Å². The first-order chi connectivity index (χ1) is 17.2. The smallest absolute Gasteiger partial charge is 0.223 e. The zero-order valence-corrected chi connectivity index (χ0v) is 20.3. The quantitative estimate of drug-likeness (QED) is 0.372. The van der Waals surface area contributed by atoms with Crippen molar-refractivity contribution >= 4 is 0 Å². The normalized spacial score (nSPS) is 16.8. The highest BCUT2D eigenvalue weighted by atomic mass is 16.7. The van der Waals surface area contributed by atoms with Crippen LogP contribution in [0.5, 0.6) is 5.75 Å². The highest BCUT2D eigenvalue weighted by Gasteiger charge is 2.29. The number of benzene rings is 2. The first kappa shape index (κ1) is 25.1. The van der Waals surface area contributed by atoms with Crippen LogP contribution in [0.15, 0.2) is 77.7 Å². The largest absolute Gasteiger partial charge is 0.483 e. The van der Waals surface area contributed by atoms with E-state index in [0.29, 0.717) is 18.8 Å². The van der Waals surface area contributed by atoms with E-state index in [1.165, 1.54) is 6.07 Å². The number of hydrogen-bond acceptors (Lipinski definition) is 6. The Morgan fingerprint density at radius 2 is 1.69 bits per heavy atom. The van der Waals surface area contributed by atoms with Crippen molar-refractivity contribution in [3.05, 3.63) is 100.0 Å². The average Bonchev–Trinajstić information content (AvgIpc) is 2.92. The highest BCUT2D eigenvalue weighted by molar-refractivity contribution is 5.37. The fourth-order valence-corrected chi connectivity index (χ4v) is 4.18. The molecule has 0 amide bonds. The zero-order chi connectivity index (χ0) is 24.5. The van der Waals surface area contributed by atoms with E-state index in [9.17, 15) is 4.79 Å². The summed E-state index contributed by atoms with van der Waals surface area (Å²) in [6.07, 6.45) is 3.09. The Labute approximate surface area is 206 Å². The van der Waals surface area contributed by atoms with Gasteiger partial charge < -0.3 is 28.3 Å². The van der Waals surface area contributed by atoms with Crippen molar-refractivity contribution in [2.24, 2.45) is 0 Å². The third-order valence-corrected chi connectivity index (χ3v) is 6.05. The van der Waals surface area contributed by atoms with Crippen LogP contribution in [0.4, 0.5) is 0 Å². The third kappa shape index (κ3) is 6.58. The van der Waals surface area contributed by atoms with Crippen LogP contribution in [0.1, 0.15) is 42.2 Å². The number of pyridine rings is 1. The molecule has 1 aliphatic heterocycles. The number of methoxy groups -OCH3 is 2. The van der Waals surface area contributed by atoms with Gasteiger partial charge in [-0.2, -0.15) is 0 Å². The Hall–Kier alpha value is -2.97. The second-order valence-electron chi connectivity index (χ2n) is 8.44. The van der Waals surface area contributed by atoms with E-state index in [4.69, 9.17) is 23.7 Å². The summed E-state index contributed by atoms with van der Waals surface area (Å²) in [7, 11) is 3.18. The topological polar surface area (TPSA) is 68.2 Å². The lowest BCUT2D eigenvalue weighted by Gasteiger charge is -2.31. The van der Waals surface area contributed by atoms with Gasteiger partial charge in [0.05, 0.1) is 12.2 Å². The minimum Gasteiger partial charge on any atom is -0.483 e. The summed E-state index contributed by atoms with van der Waals surface area (Å²) in [6.45, 7) is 1.26. The Morgan fingerprint density at radius 1 is 0.971 bits per heavy atom. The SMILES string of the molecule is COC(Cn1ccc(=O)c(OCc2ccccc2)c1C(OC1CCCCO1)c1ccccc1)OC. The van der Waals surface area contributed by atoms with Crippen molar-refractivity contribution in [3.63, 3.8) is 0 Å². The minimum atomic E-state index is -0.590. The molecule has 35 heavy (non-hydrogen) atoms. The summed E-state index contributed by atoms with van der Waals surface area (Å²) in [6, 6.07) is 21.1. The van der Waals surface area contributed by atoms with E-state index in [1.807, 2.05) is 65.2 Å². The van der Waals surface area contributed by atoms with Crippen LogP contribution in [-0.2, 0) is 32.1 Å². The third-order valence-electron chi connectivity index (χ3n) is 6.05. The van der Waals surface area contributed by atoms with Crippen molar-refractivity contribution in [1.82, 2.24) is 4.57 Å². The van der Waals surface area contributed by atoms with Crippen molar-refractivity contribution in [2.75, 3.05) is 20.8 Å². The van der Waals surface area contributed by atoms with Crippen molar-refractivity contribution in [1.29, 1.82) is 0 Å². The molecule has 186 valence electrons. The van der Waals surface area contributed by atoms with Crippen molar-refractivity contribution in [2.45, 2.75) is 51.1 Å². The molecule has 0 N–H and O–H groups in total. The molecule has 0 aliphatic carbocycles. The second kappa shape index (κ2) is 12.7. The van der Waals surface area contributed by atoms with Crippen LogP contribution in [0.25, 0.3) is 0 Å². The number of ether oxygens (including phenoxy) is 5. The molecule has 0 radical (unpaired) electrons. The molecule has 7 nitrogen and oxygen atoms in total. The standard InChI is InChI=1S/C28H33NO6/c1-31-25(32-2)19-29-17-16-23(30)28(34-20-21-11-5-3-6-12-21)26(29)27(22-13-7-4-8-14-22)35-24-15-9-10-18-33-24/h3-8,11-14,16-17,24-25,27H,9-10,15,18-20H2,1-2H3. The molecule has 2 atom stereocenters. The zero-order valence-electron chi connectivity index (χ0n) is 20.3. The van der Waals surface area contributed by atoms with Crippen LogP contribution in [0.2, 0.25) is 0 Å². The molecule has 1 fully saturated rings. The molecule has 1 saturated heterocycles. The first-order valence-electron chi connectivity index (χ1n) is 12.0. The number of hydrogen-bond donors (Lipinski definition) is 0. The molecule has 0 saturated carbocycles. The predicted octanol–water partition coefficient (Wildman–Crippen LogP) is 4.68. The Kier molecular flexibility index (Phi) is 9.08. The average molecular weight is 480 g/mol. The molecule has 7 heteroatoms. The van der Waals surface area contributed by atoms with Gasteiger partial charge in [0.2, 0.25) is 5.43 Å². The molecule has 1 aromatic heterocycles. The maximum absolute atomic E-state index is 13.2. The van der Waals surface area contributed by atoms with Crippen LogP contribution in [-0.4, -0.2) is 38.0 Å². The maximum atomic E-state index is 13.2. The van der Waals surface area contributed by atoms with Gasteiger partial charge in [0, 0.05) is 33.1 Å². The molecule has 3 aromatic rings. The van der Waals surface area contributed by atoms with Gasteiger partial charge in [-0.3, -0.25) is 4.79 Å². The van der Waals surface area contributed by atoms with Crippen molar-refractivity contribution in [3.8, 4) is 5.75 Å². The van der Waals surface area contributed by atoms with Gasteiger partial charge in [-0.1, -0.05) is 60.7 Å². The lowest BCUT2D eigenvalue weighted by atomic mass is 10.0. The van der Waals surface area contributed by atoms with E-state index in [2.05, 4.69) is 0 Å². The van der Waals surface area contributed by atoms with Crippen LogP contribution in [0.3, 0.4) is 0 Å². The molecular weight excluding hydrogens is 446 g/mol. The molecule has 4 rings (SSSR count). The summed E-state index contributed by atoms with van der Waals surface area (Å²) < 4.78 is 31.5. The van der Waals surface area contributed by atoms with E-state index >= 15 is 0 Å². The van der Waals surface area contributed by atoms with E-state index < -0.39 is 12.4 Å². The lowest BCUT2D eigenvalue weighted by molar-refractivity contribution is -0.183. The molecule has 2 heterocycles. The summed E-state index contributed by atoms with van der Waals surface area (Å²) in [5.74, 6) is 0.243. The van der Waals surface area contributed by atoms with E-state index in [0.717, 1.165) is 30.4 Å². The Bertz CT molecular complexity index is 1090. The number of aromatic nitrogens is 1. The van der Waals surface area contributed by atoms with Gasteiger partial charge in [0.15, 0.2) is 18.3 Å². The summed E-state index contributed by atoms with van der Waals surface area (Å²) >= 11 is 0. The lowest BCUT2D eigenvalue weighted by Crippen LogP contribution is -2.30. The monoisotopic (exact) mass is 479 g/mol.